The van der Waals surface area contributed by atoms with E-state index >= 15 is 0 Å². The van der Waals surface area contributed by atoms with E-state index in [2.05, 4.69) is 5.32 Å². The minimum atomic E-state index is -1.03. The van der Waals surface area contributed by atoms with Gasteiger partial charge in [0.1, 0.15) is 11.8 Å². The number of amides is 1. The van der Waals surface area contributed by atoms with Gasteiger partial charge in [-0.2, -0.15) is 0 Å². The molecule has 1 amide bonds. The number of benzene rings is 1. The Labute approximate surface area is 112 Å². The fourth-order valence-corrected chi connectivity index (χ4v) is 1.66. The molecule has 0 aliphatic carbocycles. The molecule has 0 unspecified atom stereocenters. The van der Waals surface area contributed by atoms with E-state index in [0.717, 1.165) is 5.39 Å². The first kappa shape index (κ1) is 13.6. The number of nitrogens with one attached hydrogen (secondary N) is 1. The van der Waals surface area contributed by atoms with Gasteiger partial charge in [0.15, 0.2) is 0 Å². The number of para-hydroxylation sites is 1. The van der Waals surface area contributed by atoms with E-state index in [0.29, 0.717) is 11.1 Å². The molecule has 0 aliphatic rings. The van der Waals surface area contributed by atoms with Crippen molar-refractivity contribution < 1.29 is 14.3 Å². The monoisotopic (exact) mass is 261 g/mol. The summed E-state index contributed by atoms with van der Waals surface area (Å²) in [5, 5.41) is 13.7. The average molecular weight is 261 g/mol. The van der Waals surface area contributed by atoms with E-state index in [1.807, 2.05) is 24.3 Å². The molecular weight excluding hydrogens is 242 g/mol. The summed E-state index contributed by atoms with van der Waals surface area (Å²) in [5.41, 5.74) is -0.619. The van der Waals surface area contributed by atoms with Crippen molar-refractivity contribution in [2.75, 3.05) is 0 Å². The Morgan fingerprint density at radius 1 is 1.21 bits per heavy atom. The first-order chi connectivity index (χ1) is 8.72. The average Bonchev–Trinajstić information content (AvgIpc) is 2.70. The normalized spacial score (nSPS) is 12.7. The largest absolute Gasteiger partial charge is 0.463 e. The predicted molar refractivity (Wildman–Crippen MR) is 74.1 cm³/mol. The third-order valence-electron chi connectivity index (χ3n) is 3.68. The minimum Gasteiger partial charge on any atom is -0.463 e. The lowest BCUT2D eigenvalue weighted by Crippen LogP contribution is -2.57. The third-order valence-corrected chi connectivity index (χ3v) is 3.68. The van der Waals surface area contributed by atoms with Crippen LogP contribution in [-0.2, 0) is 0 Å². The second-order valence-electron chi connectivity index (χ2n) is 5.78. The van der Waals surface area contributed by atoms with Gasteiger partial charge in [-0.15, -0.1) is 0 Å². The standard InChI is InChI=1S/C15H19NO3/c1-14(2,15(3,4)18)16-13(17)11-9-19-12-8-6-5-7-10(11)12/h5-9,18H,1-4H3,(H,16,17). The first-order valence-corrected chi connectivity index (χ1v) is 6.23. The molecule has 19 heavy (non-hydrogen) atoms. The summed E-state index contributed by atoms with van der Waals surface area (Å²) < 4.78 is 5.35. The molecule has 2 aromatic rings. The summed E-state index contributed by atoms with van der Waals surface area (Å²) >= 11 is 0. The van der Waals surface area contributed by atoms with Gasteiger partial charge < -0.3 is 14.8 Å². The molecule has 102 valence electrons. The maximum absolute atomic E-state index is 12.3. The van der Waals surface area contributed by atoms with Gasteiger partial charge in [0.2, 0.25) is 0 Å². The molecular formula is C15H19NO3. The van der Waals surface area contributed by atoms with Crippen molar-refractivity contribution in [2.45, 2.75) is 38.8 Å². The highest BCUT2D eigenvalue weighted by molar-refractivity contribution is 6.06. The second-order valence-corrected chi connectivity index (χ2v) is 5.78. The fourth-order valence-electron chi connectivity index (χ4n) is 1.66. The van der Waals surface area contributed by atoms with E-state index < -0.39 is 11.1 Å². The first-order valence-electron chi connectivity index (χ1n) is 6.23. The number of rotatable bonds is 3. The van der Waals surface area contributed by atoms with Crippen LogP contribution in [0.25, 0.3) is 11.0 Å². The lowest BCUT2D eigenvalue weighted by Gasteiger charge is -2.37. The Hall–Kier alpha value is -1.81. The van der Waals surface area contributed by atoms with Crippen LogP contribution in [0, 0.1) is 0 Å². The van der Waals surface area contributed by atoms with Gasteiger partial charge in [0.25, 0.3) is 5.91 Å². The van der Waals surface area contributed by atoms with E-state index in [9.17, 15) is 9.90 Å². The number of hydrogen-bond donors (Lipinski definition) is 2. The van der Waals surface area contributed by atoms with Crippen LogP contribution in [0.2, 0.25) is 0 Å². The molecule has 4 nitrogen and oxygen atoms in total. The highest BCUT2D eigenvalue weighted by Gasteiger charge is 2.36. The molecule has 0 aliphatic heterocycles. The van der Waals surface area contributed by atoms with Crippen LogP contribution in [0.1, 0.15) is 38.1 Å². The number of aliphatic hydroxyl groups is 1. The Morgan fingerprint density at radius 3 is 2.47 bits per heavy atom. The van der Waals surface area contributed by atoms with Gasteiger partial charge in [0, 0.05) is 5.39 Å². The van der Waals surface area contributed by atoms with Gasteiger partial charge in [-0.25, -0.2) is 0 Å². The summed E-state index contributed by atoms with van der Waals surface area (Å²) in [6, 6.07) is 7.36. The van der Waals surface area contributed by atoms with Gasteiger partial charge >= 0.3 is 0 Å². The smallest absolute Gasteiger partial charge is 0.255 e. The molecule has 0 saturated heterocycles. The van der Waals surface area contributed by atoms with E-state index in [4.69, 9.17) is 4.42 Å². The quantitative estimate of drug-likeness (QED) is 0.893. The Morgan fingerprint density at radius 2 is 1.84 bits per heavy atom. The van der Waals surface area contributed by atoms with E-state index in [-0.39, 0.29) is 5.91 Å². The number of furan rings is 1. The lowest BCUT2D eigenvalue weighted by molar-refractivity contribution is -0.00291. The van der Waals surface area contributed by atoms with Crippen molar-refractivity contribution >= 4 is 16.9 Å². The van der Waals surface area contributed by atoms with E-state index in [1.165, 1.54) is 6.26 Å². The molecule has 1 aromatic carbocycles. The Balaban J connectivity index is 2.31. The minimum absolute atomic E-state index is 0.253. The summed E-state index contributed by atoms with van der Waals surface area (Å²) in [6.45, 7) is 6.90. The van der Waals surface area contributed by atoms with Crippen LogP contribution >= 0.6 is 0 Å². The van der Waals surface area contributed by atoms with Crippen molar-refractivity contribution in [3.8, 4) is 0 Å². The van der Waals surface area contributed by atoms with Gasteiger partial charge in [-0.1, -0.05) is 18.2 Å². The Bertz CT molecular complexity index is 605. The number of fused-ring (bicyclic) bond motifs is 1. The molecule has 0 bridgehead atoms. The molecule has 0 saturated carbocycles. The van der Waals surface area contributed by atoms with Crippen LogP contribution in [0.4, 0.5) is 0 Å². The molecule has 0 fully saturated rings. The maximum atomic E-state index is 12.3. The van der Waals surface area contributed by atoms with Gasteiger partial charge in [-0.05, 0) is 33.8 Å². The van der Waals surface area contributed by atoms with Crippen LogP contribution in [-0.4, -0.2) is 22.2 Å². The molecule has 4 heteroatoms. The van der Waals surface area contributed by atoms with Crippen LogP contribution in [0.3, 0.4) is 0 Å². The summed E-state index contributed by atoms with van der Waals surface area (Å²) in [5.74, 6) is -0.253. The molecule has 1 aromatic heterocycles. The van der Waals surface area contributed by atoms with Gasteiger partial charge in [0.05, 0.1) is 16.7 Å². The van der Waals surface area contributed by atoms with Crippen molar-refractivity contribution in [1.82, 2.24) is 5.32 Å². The topological polar surface area (TPSA) is 62.5 Å². The maximum Gasteiger partial charge on any atom is 0.255 e. The lowest BCUT2D eigenvalue weighted by atomic mass is 9.85. The number of carbonyl (C=O) groups is 1. The van der Waals surface area contributed by atoms with Crippen LogP contribution < -0.4 is 5.32 Å². The highest BCUT2D eigenvalue weighted by Crippen LogP contribution is 2.24. The fraction of sp³-hybridized carbons (Fsp3) is 0.400. The summed E-state index contributed by atoms with van der Waals surface area (Å²) in [6.07, 6.45) is 1.44. The molecule has 2 N–H and O–H groups in total. The molecule has 1 heterocycles. The van der Waals surface area contributed by atoms with Crippen LogP contribution in [0.5, 0.6) is 0 Å². The van der Waals surface area contributed by atoms with Gasteiger partial charge in [-0.3, -0.25) is 4.79 Å². The SMILES string of the molecule is CC(C)(O)C(C)(C)NC(=O)c1coc2ccccc12. The van der Waals surface area contributed by atoms with Crippen molar-refractivity contribution in [3.05, 3.63) is 36.1 Å². The summed E-state index contributed by atoms with van der Waals surface area (Å²) in [4.78, 5) is 12.3. The number of hydrogen-bond acceptors (Lipinski definition) is 3. The van der Waals surface area contributed by atoms with Crippen LogP contribution in [0.15, 0.2) is 34.9 Å². The molecule has 0 radical (unpaired) electrons. The highest BCUT2D eigenvalue weighted by atomic mass is 16.3. The zero-order chi connectivity index (χ0) is 14.3. The molecule has 2 rings (SSSR count). The molecule has 0 atom stereocenters. The predicted octanol–water partition coefficient (Wildman–Crippen LogP) is 2.71. The van der Waals surface area contributed by atoms with Crippen molar-refractivity contribution in [3.63, 3.8) is 0 Å². The van der Waals surface area contributed by atoms with Crippen molar-refractivity contribution in [1.29, 1.82) is 0 Å². The zero-order valence-electron chi connectivity index (χ0n) is 11.7. The zero-order valence-corrected chi connectivity index (χ0v) is 11.7. The molecule has 0 spiro atoms. The second kappa shape index (κ2) is 4.38. The third kappa shape index (κ3) is 2.49. The number of carbonyl (C=O) groups excluding carboxylic acids is 1. The summed E-state index contributed by atoms with van der Waals surface area (Å²) in [7, 11) is 0. The van der Waals surface area contributed by atoms with E-state index in [1.54, 1.807) is 27.7 Å². The Kier molecular flexibility index (Phi) is 3.14. The van der Waals surface area contributed by atoms with Crippen molar-refractivity contribution in [2.24, 2.45) is 0 Å².